The number of hydrogen-bond donors (Lipinski definition) is 2. The van der Waals surface area contributed by atoms with E-state index in [9.17, 15) is 9.59 Å². The number of H-pyrrole nitrogens is 1. The molecular formula is C15H13Cl2N3O2S. The molecule has 0 aliphatic rings. The Labute approximate surface area is 148 Å². The number of benzene rings is 1. The van der Waals surface area contributed by atoms with E-state index in [1.807, 2.05) is 0 Å². The molecule has 2 rings (SSSR count). The molecule has 0 spiro atoms. The van der Waals surface area contributed by atoms with Crippen LogP contribution in [0.3, 0.4) is 0 Å². The van der Waals surface area contributed by atoms with E-state index in [1.54, 1.807) is 30.5 Å². The molecule has 0 aliphatic heterocycles. The molecule has 2 N–H and O–H groups in total. The van der Waals surface area contributed by atoms with Gasteiger partial charge in [0.15, 0.2) is 0 Å². The van der Waals surface area contributed by atoms with Gasteiger partial charge < -0.3 is 15.2 Å². The normalized spacial score (nSPS) is 10.2. The third kappa shape index (κ3) is 4.54. The fourth-order valence-electron chi connectivity index (χ4n) is 1.86. The number of halogens is 2. The number of likely N-dealkylation sites (N-methyl/N-ethyl adjacent to an activating group) is 1. The average Bonchev–Trinajstić information content (AvgIpc) is 2.50. The lowest BCUT2D eigenvalue weighted by Gasteiger charge is -2.17. The number of anilines is 1. The Bertz CT molecular complexity index is 807. The Morgan fingerprint density at radius 3 is 2.65 bits per heavy atom. The molecule has 1 heterocycles. The van der Waals surface area contributed by atoms with Crippen molar-refractivity contribution in [2.24, 2.45) is 0 Å². The maximum absolute atomic E-state index is 12.3. The molecule has 2 amide bonds. The van der Waals surface area contributed by atoms with Gasteiger partial charge in [-0.25, -0.2) is 0 Å². The van der Waals surface area contributed by atoms with Crippen molar-refractivity contribution in [3.63, 3.8) is 0 Å². The topological polar surface area (TPSA) is 65.2 Å². The number of aromatic amines is 1. The largest absolute Gasteiger partial charge is 0.352 e. The van der Waals surface area contributed by atoms with E-state index >= 15 is 0 Å². The predicted octanol–water partition coefficient (Wildman–Crippen LogP) is 3.76. The first-order valence-corrected chi connectivity index (χ1v) is 7.73. The summed E-state index contributed by atoms with van der Waals surface area (Å²) in [6.07, 6.45) is 1.64. The van der Waals surface area contributed by atoms with Crippen LogP contribution >= 0.6 is 35.4 Å². The predicted molar refractivity (Wildman–Crippen MR) is 93.7 cm³/mol. The average molecular weight is 370 g/mol. The van der Waals surface area contributed by atoms with Gasteiger partial charge in [0.25, 0.3) is 5.91 Å². The zero-order valence-electron chi connectivity index (χ0n) is 12.1. The number of nitrogens with one attached hydrogen (secondary N) is 2. The van der Waals surface area contributed by atoms with Crippen molar-refractivity contribution in [1.29, 1.82) is 0 Å². The Morgan fingerprint density at radius 1 is 1.26 bits per heavy atom. The van der Waals surface area contributed by atoms with Gasteiger partial charge >= 0.3 is 0 Å². The van der Waals surface area contributed by atoms with Crippen LogP contribution in [0.15, 0.2) is 36.5 Å². The Balaban J connectivity index is 2.02. The molecule has 120 valence electrons. The third-order valence-electron chi connectivity index (χ3n) is 2.98. The van der Waals surface area contributed by atoms with Crippen LogP contribution in [0.4, 0.5) is 5.69 Å². The lowest BCUT2D eigenvalue weighted by molar-refractivity contribution is -0.116. The van der Waals surface area contributed by atoms with Crippen molar-refractivity contribution in [1.82, 2.24) is 9.88 Å². The second-order valence-electron chi connectivity index (χ2n) is 4.75. The standard InChI is InChI=1S/C15H13Cl2N3O2S/c1-20(15(22)10-3-2-6-18-14(10)23)8-13(21)19-9-4-5-11(16)12(17)7-9/h2-7H,8H2,1H3,(H,18,23)(H,19,21). The van der Waals surface area contributed by atoms with Crippen LogP contribution in [0.25, 0.3) is 0 Å². The lowest BCUT2D eigenvalue weighted by Crippen LogP contribution is -2.35. The number of aromatic nitrogens is 1. The number of rotatable bonds is 4. The zero-order chi connectivity index (χ0) is 17.0. The van der Waals surface area contributed by atoms with Crippen molar-refractivity contribution in [2.45, 2.75) is 0 Å². The second-order valence-corrected chi connectivity index (χ2v) is 5.97. The lowest BCUT2D eigenvalue weighted by atomic mass is 10.2. The SMILES string of the molecule is CN(CC(=O)Nc1ccc(Cl)c(Cl)c1)C(=O)c1ccc[nH]c1=S. The van der Waals surface area contributed by atoms with Gasteiger partial charge in [-0.2, -0.15) is 0 Å². The van der Waals surface area contributed by atoms with Gasteiger partial charge in [0.1, 0.15) is 4.64 Å². The highest BCUT2D eigenvalue weighted by molar-refractivity contribution is 7.71. The maximum Gasteiger partial charge on any atom is 0.257 e. The van der Waals surface area contributed by atoms with E-state index in [1.165, 1.54) is 18.0 Å². The molecule has 0 fully saturated rings. The summed E-state index contributed by atoms with van der Waals surface area (Å²) in [5.74, 6) is -0.693. The molecule has 8 heteroatoms. The van der Waals surface area contributed by atoms with Gasteiger partial charge in [-0.1, -0.05) is 35.4 Å². The van der Waals surface area contributed by atoms with E-state index < -0.39 is 0 Å². The Kier molecular flexibility index (Phi) is 5.76. The molecule has 23 heavy (non-hydrogen) atoms. The summed E-state index contributed by atoms with van der Waals surface area (Å²) in [5, 5.41) is 3.39. The molecule has 0 atom stereocenters. The molecule has 0 saturated heterocycles. The molecule has 2 aromatic rings. The highest BCUT2D eigenvalue weighted by Crippen LogP contribution is 2.24. The monoisotopic (exact) mass is 369 g/mol. The van der Waals surface area contributed by atoms with Crippen LogP contribution in [-0.4, -0.2) is 35.3 Å². The molecule has 5 nitrogen and oxygen atoms in total. The summed E-state index contributed by atoms with van der Waals surface area (Å²) in [5.41, 5.74) is 0.842. The Hall–Kier alpha value is -1.89. The summed E-state index contributed by atoms with van der Waals surface area (Å²) in [6.45, 7) is -0.122. The van der Waals surface area contributed by atoms with Gasteiger partial charge in [0, 0.05) is 18.9 Å². The highest BCUT2D eigenvalue weighted by atomic mass is 35.5. The van der Waals surface area contributed by atoms with E-state index in [-0.39, 0.29) is 18.4 Å². The summed E-state index contributed by atoms with van der Waals surface area (Å²) in [4.78, 5) is 28.4. The first-order chi connectivity index (χ1) is 10.9. The highest BCUT2D eigenvalue weighted by Gasteiger charge is 2.16. The summed E-state index contributed by atoms with van der Waals surface area (Å²) >= 11 is 16.8. The second kappa shape index (κ2) is 7.59. The van der Waals surface area contributed by atoms with E-state index in [4.69, 9.17) is 35.4 Å². The van der Waals surface area contributed by atoms with Crippen LogP contribution < -0.4 is 5.32 Å². The number of nitrogens with zero attached hydrogens (tertiary/aromatic N) is 1. The minimum atomic E-state index is -0.356. The van der Waals surface area contributed by atoms with Crippen LogP contribution in [0.5, 0.6) is 0 Å². The van der Waals surface area contributed by atoms with E-state index in [0.717, 1.165) is 0 Å². The summed E-state index contributed by atoms with van der Waals surface area (Å²) in [7, 11) is 1.53. The number of amides is 2. The van der Waals surface area contributed by atoms with E-state index in [2.05, 4.69) is 10.3 Å². The third-order valence-corrected chi connectivity index (χ3v) is 4.06. The molecule has 0 bridgehead atoms. The van der Waals surface area contributed by atoms with Crippen LogP contribution in [0.2, 0.25) is 10.0 Å². The van der Waals surface area contributed by atoms with Crippen molar-refractivity contribution in [2.75, 3.05) is 18.9 Å². The molecule has 0 radical (unpaired) electrons. The van der Waals surface area contributed by atoms with Gasteiger partial charge in [-0.05, 0) is 30.3 Å². The first-order valence-electron chi connectivity index (χ1n) is 6.56. The van der Waals surface area contributed by atoms with Crippen LogP contribution in [0, 0.1) is 4.64 Å². The molecule has 1 aromatic heterocycles. The van der Waals surface area contributed by atoms with Crippen molar-refractivity contribution < 1.29 is 9.59 Å². The van der Waals surface area contributed by atoms with Gasteiger partial charge in [-0.3, -0.25) is 9.59 Å². The van der Waals surface area contributed by atoms with Crippen molar-refractivity contribution >= 4 is 52.9 Å². The van der Waals surface area contributed by atoms with Gasteiger partial charge in [0.2, 0.25) is 5.91 Å². The molecule has 0 aliphatic carbocycles. The quantitative estimate of drug-likeness (QED) is 0.806. The van der Waals surface area contributed by atoms with E-state index in [0.29, 0.717) is 25.9 Å². The Morgan fingerprint density at radius 2 is 2.00 bits per heavy atom. The molecule has 0 unspecified atom stereocenters. The van der Waals surface area contributed by atoms with Gasteiger partial charge in [0.05, 0.1) is 22.2 Å². The zero-order valence-corrected chi connectivity index (χ0v) is 14.4. The van der Waals surface area contributed by atoms with Gasteiger partial charge in [-0.15, -0.1) is 0 Å². The van der Waals surface area contributed by atoms with Crippen LogP contribution in [0.1, 0.15) is 10.4 Å². The van der Waals surface area contributed by atoms with Crippen molar-refractivity contribution in [3.8, 4) is 0 Å². The number of carbonyl (C=O) groups excluding carboxylic acids is 2. The number of pyridine rings is 1. The minimum Gasteiger partial charge on any atom is -0.352 e. The fraction of sp³-hybridized carbons (Fsp3) is 0.133. The molecule has 1 aromatic carbocycles. The molecule has 0 saturated carbocycles. The maximum atomic E-state index is 12.3. The number of carbonyl (C=O) groups is 2. The van der Waals surface area contributed by atoms with Crippen LogP contribution in [-0.2, 0) is 4.79 Å². The molecular weight excluding hydrogens is 357 g/mol. The van der Waals surface area contributed by atoms with Crippen molar-refractivity contribution in [3.05, 3.63) is 56.8 Å². The summed E-state index contributed by atoms with van der Waals surface area (Å²) < 4.78 is 0.328. The summed E-state index contributed by atoms with van der Waals surface area (Å²) in [6, 6.07) is 8.03. The number of hydrogen-bond acceptors (Lipinski definition) is 3. The smallest absolute Gasteiger partial charge is 0.257 e. The minimum absolute atomic E-state index is 0.122. The fourth-order valence-corrected chi connectivity index (χ4v) is 2.38. The first kappa shape index (κ1) is 17.5.